The van der Waals surface area contributed by atoms with Crippen LogP contribution < -0.4 is 5.32 Å². The summed E-state index contributed by atoms with van der Waals surface area (Å²) in [6.07, 6.45) is 0.132. The molecule has 27 heavy (non-hydrogen) atoms. The van der Waals surface area contributed by atoms with E-state index in [-0.39, 0.29) is 17.7 Å². The van der Waals surface area contributed by atoms with Crippen LogP contribution in [-0.4, -0.2) is 30.6 Å². The summed E-state index contributed by atoms with van der Waals surface area (Å²) in [6, 6.07) is 10.1. The number of carbonyl (C=O) groups excluding carboxylic acids is 2. The Hall–Kier alpha value is -2.38. The Morgan fingerprint density at radius 3 is 2.56 bits per heavy atom. The van der Waals surface area contributed by atoms with Gasteiger partial charge in [-0.15, -0.1) is 0 Å². The van der Waals surface area contributed by atoms with Crippen molar-refractivity contribution >= 4 is 39.1 Å². The number of anilines is 1. The highest BCUT2D eigenvalue weighted by Crippen LogP contribution is 2.29. The lowest BCUT2D eigenvalue weighted by molar-refractivity contribution is -0.128. The number of hydrogen-bond donors (Lipinski definition) is 1. The van der Waals surface area contributed by atoms with Gasteiger partial charge in [0.2, 0.25) is 11.8 Å². The number of carbonyl (C=O) groups is 2. The van der Waals surface area contributed by atoms with Gasteiger partial charge in [-0.1, -0.05) is 23.7 Å². The summed E-state index contributed by atoms with van der Waals surface area (Å²) >= 11 is 5.91. The zero-order valence-electron chi connectivity index (χ0n) is 14.9. The maximum atomic E-state index is 13.0. The van der Waals surface area contributed by atoms with Gasteiger partial charge in [-0.3, -0.25) is 9.59 Å². The molecule has 1 fully saturated rings. The number of rotatable bonds is 4. The van der Waals surface area contributed by atoms with E-state index in [1.54, 1.807) is 37.3 Å². The Bertz CT molecular complexity index is 1020. The number of benzene rings is 2. The first-order valence-corrected chi connectivity index (χ1v) is 10.2. The van der Waals surface area contributed by atoms with Gasteiger partial charge in [0.05, 0.1) is 4.90 Å². The van der Waals surface area contributed by atoms with Gasteiger partial charge in [-0.05, 0) is 61.7 Å². The lowest BCUT2D eigenvalue weighted by Crippen LogP contribution is -2.45. The van der Waals surface area contributed by atoms with Gasteiger partial charge < -0.3 is 5.32 Å². The van der Waals surface area contributed by atoms with Crippen LogP contribution in [0.2, 0.25) is 5.02 Å². The summed E-state index contributed by atoms with van der Waals surface area (Å²) in [5.41, 5.74) is 2.18. The third-order valence-electron chi connectivity index (χ3n) is 4.59. The molecule has 3 rings (SSSR count). The molecule has 1 atom stereocenters. The molecule has 6 nitrogen and oxygen atoms in total. The smallest absolute Gasteiger partial charge is 0.267 e. The van der Waals surface area contributed by atoms with Crippen LogP contribution in [0.25, 0.3) is 0 Å². The summed E-state index contributed by atoms with van der Waals surface area (Å²) in [6.45, 7) is 3.66. The number of hydrogen-bond acceptors (Lipinski definition) is 4. The quantitative estimate of drug-likeness (QED) is 0.844. The predicted molar refractivity (Wildman–Crippen MR) is 103 cm³/mol. The summed E-state index contributed by atoms with van der Waals surface area (Å²) in [5.74, 6) is -1.14. The number of halogens is 1. The van der Waals surface area contributed by atoms with E-state index in [4.69, 9.17) is 11.6 Å². The van der Waals surface area contributed by atoms with E-state index in [0.717, 1.165) is 11.1 Å². The van der Waals surface area contributed by atoms with Crippen molar-refractivity contribution in [2.45, 2.75) is 37.6 Å². The van der Waals surface area contributed by atoms with Gasteiger partial charge in [0, 0.05) is 17.1 Å². The standard InChI is InChI=1S/C19H19ClN2O4S/c1-12-6-7-16(10-13(12)2)27(25,26)22-17(8-9-18(22)23)19(24)21-15-5-3-4-14(20)11-15/h3-7,10-11,17H,8-9H2,1-2H3,(H,21,24)/t17-/m1/s1. The van der Waals surface area contributed by atoms with Crippen molar-refractivity contribution in [3.05, 3.63) is 58.6 Å². The molecule has 1 aliphatic rings. The Balaban J connectivity index is 1.91. The second kappa shape index (κ2) is 7.32. The molecule has 2 amide bonds. The van der Waals surface area contributed by atoms with Gasteiger partial charge in [-0.2, -0.15) is 0 Å². The molecule has 8 heteroatoms. The lowest BCUT2D eigenvalue weighted by Gasteiger charge is -2.24. The van der Waals surface area contributed by atoms with Crippen LogP contribution in [0.5, 0.6) is 0 Å². The van der Waals surface area contributed by atoms with Crippen LogP contribution in [0.4, 0.5) is 5.69 Å². The molecule has 0 aliphatic carbocycles. The number of nitrogens with one attached hydrogen (secondary N) is 1. The molecule has 0 radical (unpaired) electrons. The average Bonchev–Trinajstić information content (AvgIpc) is 3.00. The molecule has 142 valence electrons. The topological polar surface area (TPSA) is 83.6 Å². The van der Waals surface area contributed by atoms with Gasteiger partial charge in [0.1, 0.15) is 6.04 Å². The SMILES string of the molecule is Cc1ccc(S(=O)(=O)N2C(=O)CC[C@@H]2C(=O)Nc2cccc(Cl)c2)cc1C. The van der Waals surface area contributed by atoms with Gasteiger partial charge in [0.25, 0.3) is 10.0 Å². The Morgan fingerprint density at radius 2 is 1.89 bits per heavy atom. The van der Waals surface area contributed by atoms with Crippen LogP contribution in [0, 0.1) is 13.8 Å². The summed E-state index contributed by atoms with van der Waals surface area (Å²) in [5, 5.41) is 3.08. The minimum atomic E-state index is -4.12. The zero-order chi connectivity index (χ0) is 19.8. The molecular weight excluding hydrogens is 388 g/mol. The molecule has 1 aliphatic heterocycles. The first kappa shape index (κ1) is 19.4. The van der Waals surface area contributed by atoms with Gasteiger partial charge in [-0.25, -0.2) is 12.7 Å². The monoisotopic (exact) mass is 406 g/mol. The van der Waals surface area contributed by atoms with E-state index in [0.29, 0.717) is 15.0 Å². The highest BCUT2D eigenvalue weighted by molar-refractivity contribution is 7.89. The fourth-order valence-electron chi connectivity index (χ4n) is 2.98. The molecule has 0 saturated carbocycles. The van der Waals surface area contributed by atoms with Crippen molar-refractivity contribution in [1.29, 1.82) is 0 Å². The number of nitrogens with zero attached hydrogens (tertiary/aromatic N) is 1. The van der Waals surface area contributed by atoms with E-state index in [1.807, 2.05) is 6.92 Å². The Labute approximate surface area is 163 Å². The molecule has 1 heterocycles. The zero-order valence-corrected chi connectivity index (χ0v) is 16.5. The molecule has 0 spiro atoms. The first-order valence-electron chi connectivity index (χ1n) is 8.41. The van der Waals surface area contributed by atoms with Gasteiger partial charge >= 0.3 is 0 Å². The van der Waals surface area contributed by atoms with E-state index in [2.05, 4.69) is 5.32 Å². The maximum Gasteiger partial charge on any atom is 0.267 e. The van der Waals surface area contributed by atoms with Crippen molar-refractivity contribution in [2.75, 3.05) is 5.32 Å². The van der Waals surface area contributed by atoms with E-state index >= 15 is 0 Å². The summed E-state index contributed by atoms with van der Waals surface area (Å²) < 4.78 is 26.8. The van der Waals surface area contributed by atoms with Crippen LogP contribution >= 0.6 is 11.6 Å². The first-order chi connectivity index (χ1) is 12.7. The second-order valence-corrected chi connectivity index (χ2v) is 8.75. The fraction of sp³-hybridized carbons (Fsp3) is 0.263. The van der Waals surface area contributed by atoms with E-state index < -0.39 is 27.9 Å². The highest BCUT2D eigenvalue weighted by Gasteiger charge is 2.44. The summed E-state index contributed by atoms with van der Waals surface area (Å²) in [4.78, 5) is 25.0. The molecule has 2 aromatic carbocycles. The minimum absolute atomic E-state index is 0.00130. The molecule has 0 bridgehead atoms. The van der Waals surface area contributed by atoms with E-state index in [1.165, 1.54) is 12.1 Å². The molecule has 1 N–H and O–H groups in total. The minimum Gasteiger partial charge on any atom is -0.324 e. The Kier molecular flexibility index (Phi) is 5.26. The van der Waals surface area contributed by atoms with Crippen LogP contribution in [-0.2, 0) is 19.6 Å². The number of aryl methyl sites for hydroxylation is 2. The molecule has 0 aromatic heterocycles. The Morgan fingerprint density at radius 1 is 1.15 bits per heavy atom. The van der Waals surface area contributed by atoms with Crippen molar-refractivity contribution in [1.82, 2.24) is 4.31 Å². The lowest BCUT2D eigenvalue weighted by atomic mass is 10.1. The number of sulfonamides is 1. The molecule has 2 aromatic rings. The average molecular weight is 407 g/mol. The largest absolute Gasteiger partial charge is 0.324 e. The van der Waals surface area contributed by atoms with Crippen molar-refractivity contribution < 1.29 is 18.0 Å². The second-order valence-electron chi connectivity index (χ2n) is 6.49. The molecular formula is C19H19ClN2O4S. The van der Waals surface area contributed by atoms with E-state index in [9.17, 15) is 18.0 Å². The van der Waals surface area contributed by atoms with Crippen LogP contribution in [0.15, 0.2) is 47.4 Å². The summed E-state index contributed by atoms with van der Waals surface area (Å²) in [7, 11) is -4.12. The number of amides is 2. The molecule has 1 saturated heterocycles. The normalized spacial score (nSPS) is 17.2. The highest BCUT2D eigenvalue weighted by atomic mass is 35.5. The predicted octanol–water partition coefficient (Wildman–Crippen LogP) is 3.28. The van der Waals surface area contributed by atoms with Crippen molar-refractivity contribution in [2.24, 2.45) is 0 Å². The third kappa shape index (κ3) is 3.84. The maximum absolute atomic E-state index is 13.0. The van der Waals surface area contributed by atoms with Crippen LogP contribution in [0.1, 0.15) is 24.0 Å². The molecule has 0 unspecified atom stereocenters. The fourth-order valence-corrected chi connectivity index (χ4v) is 4.86. The van der Waals surface area contributed by atoms with Gasteiger partial charge in [0.15, 0.2) is 0 Å². The third-order valence-corrected chi connectivity index (χ3v) is 6.65. The van der Waals surface area contributed by atoms with Crippen molar-refractivity contribution in [3.63, 3.8) is 0 Å². The van der Waals surface area contributed by atoms with Crippen LogP contribution in [0.3, 0.4) is 0 Å². The van der Waals surface area contributed by atoms with Crippen molar-refractivity contribution in [3.8, 4) is 0 Å².